The van der Waals surface area contributed by atoms with Crippen molar-refractivity contribution in [2.45, 2.75) is 20.0 Å². The van der Waals surface area contributed by atoms with Gasteiger partial charge in [-0.3, -0.25) is 18.7 Å². The minimum atomic E-state index is -0.639. The Bertz CT molecular complexity index is 1380. The van der Waals surface area contributed by atoms with E-state index in [4.69, 9.17) is 4.74 Å². The van der Waals surface area contributed by atoms with E-state index in [0.29, 0.717) is 18.0 Å². The van der Waals surface area contributed by atoms with Crippen molar-refractivity contribution in [1.29, 1.82) is 0 Å². The number of anilines is 1. The van der Waals surface area contributed by atoms with Crippen LogP contribution in [0.1, 0.15) is 12.5 Å². The third kappa shape index (κ3) is 4.27. The van der Waals surface area contributed by atoms with Crippen molar-refractivity contribution < 1.29 is 9.53 Å². The quantitative estimate of drug-likeness (QED) is 0.480. The number of carbonyl (C=O) groups is 1. The summed E-state index contributed by atoms with van der Waals surface area (Å²) in [6.07, 6.45) is 2.76. The highest BCUT2D eigenvalue weighted by molar-refractivity contribution is 5.92. The van der Waals surface area contributed by atoms with E-state index in [2.05, 4.69) is 15.3 Å². The van der Waals surface area contributed by atoms with Gasteiger partial charge < -0.3 is 10.1 Å². The first-order chi connectivity index (χ1) is 15.6. The average Bonchev–Trinajstić information content (AvgIpc) is 2.81. The van der Waals surface area contributed by atoms with Crippen molar-refractivity contribution in [2.24, 2.45) is 0 Å². The zero-order chi connectivity index (χ0) is 22.5. The summed E-state index contributed by atoms with van der Waals surface area (Å²) >= 11 is 0. The summed E-state index contributed by atoms with van der Waals surface area (Å²) in [5.41, 5.74) is 0.142. The molecule has 0 unspecified atom stereocenters. The lowest BCUT2D eigenvalue weighted by molar-refractivity contribution is -0.116. The van der Waals surface area contributed by atoms with E-state index >= 15 is 0 Å². The van der Waals surface area contributed by atoms with Crippen molar-refractivity contribution in [3.63, 3.8) is 0 Å². The molecule has 2 aromatic heterocycles. The molecule has 9 nitrogen and oxygen atoms in total. The van der Waals surface area contributed by atoms with Crippen LogP contribution in [0.4, 0.5) is 5.69 Å². The molecule has 1 amide bonds. The molecule has 0 saturated heterocycles. The van der Waals surface area contributed by atoms with Gasteiger partial charge in [-0.2, -0.15) is 0 Å². The second-order valence-corrected chi connectivity index (χ2v) is 6.95. The molecule has 162 valence electrons. The van der Waals surface area contributed by atoms with E-state index in [0.717, 1.165) is 14.7 Å². The van der Waals surface area contributed by atoms with Gasteiger partial charge in [0, 0.05) is 12.4 Å². The number of rotatable bonds is 7. The highest BCUT2D eigenvalue weighted by atomic mass is 16.5. The van der Waals surface area contributed by atoms with Gasteiger partial charge in [0.2, 0.25) is 5.91 Å². The molecule has 4 aromatic rings. The Balaban J connectivity index is 1.73. The van der Waals surface area contributed by atoms with Crippen LogP contribution in [-0.2, 0) is 17.9 Å². The third-order valence-electron chi connectivity index (χ3n) is 4.79. The van der Waals surface area contributed by atoms with Crippen LogP contribution >= 0.6 is 0 Å². The molecule has 9 heteroatoms. The molecule has 0 fully saturated rings. The molecule has 0 atom stereocenters. The van der Waals surface area contributed by atoms with Gasteiger partial charge in [-0.1, -0.05) is 42.5 Å². The summed E-state index contributed by atoms with van der Waals surface area (Å²) in [5.74, 6) is 0.0607. The van der Waals surface area contributed by atoms with Gasteiger partial charge in [0.25, 0.3) is 5.56 Å². The molecule has 0 radical (unpaired) electrons. The van der Waals surface area contributed by atoms with E-state index in [9.17, 15) is 14.4 Å². The van der Waals surface area contributed by atoms with Gasteiger partial charge >= 0.3 is 5.69 Å². The SMILES string of the molecule is CCOc1ccccc1NC(=O)Cn1c(=O)n(Cc2ccccc2)c(=O)c2nccnc21. The van der Waals surface area contributed by atoms with Crippen molar-refractivity contribution >= 4 is 22.8 Å². The number of fused-ring (bicyclic) bond motifs is 1. The van der Waals surface area contributed by atoms with Crippen LogP contribution in [0, 0.1) is 0 Å². The maximum Gasteiger partial charge on any atom is 0.333 e. The van der Waals surface area contributed by atoms with Crippen molar-refractivity contribution in [3.8, 4) is 5.75 Å². The van der Waals surface area contributed by atoms with Crippen LogP contribution in [0.15, 0.2) is 76.6 Å². The molecule has 4 rings (SSSR count). The summed E-state index contributed by atoms with van der Waals surface area (Å²) in [6.45, 7) is 2.00. The number of benzene rings is 2. The predicted octanol–water partition coefficient (Wildman–Crippen LogP) is 2.04. The number of carbonyl (C=O) groups excluding carboxylic acids is 1. The number of ether oxygens (including phenoxy) is 1. The van der Waals surface area contributed by atoms with Crippen molar-refractivity contribution in [3.05, 3.63) is 93.4 Å². The molecule has 0 aliphatic heterocycles. The highest BCUT2D eigenvalue weighted by Crippen LogP contribution is 2.23. The number of nitrogens with one attached hydrogen (secondary N) is 1. The smallest absolute Gasteiger partial charge is 0.333 e. The number of hydrogen-bond donors (Lipinski definition) is 1. The first-order valence-corrected chi connectivity index (χ1v) is 10.1. The van der Waals surface area contributed by atoms with Gasteiger partial charge in [-0.15, -0.1) is 0 Å². The Labute approximate surface area is 182 Å². The zero-order valence-electron chi connectivity index (χ0n) is 17.4. The van der Waals surface area contributed by atoms with Gasteiger partial charge in [0.15, 0.2) is 11.2 Å². The number of nitrogens with zero attached hydrogens (tertiary/aromatic N) is 4. The summed E-state index contributed by atoms with van der Waals surface area (Å²) in [4.78, 5) is 47.2. The number of para-hydroxylation sites is 2. The molecule has 1 N–H and O–H groups in total. The molecule has 2 heterocycles. The monoisotopic (exact) mass is 431 g/mol. The molecule has 0 bridgehead atoms. The first kappa shape index (κ1) is 21.0. The van der Waals surface area contributed by atoms with Crippen LogP contribution in [0.2, 0.25) is 0 Å². The molecular formula is C23H21N5O4. The second-order valence-electron chi connectivity index (χ2n) is 6.95. The number of amides is 1. The maximum absolute atomic E-state index is 13.2. The number of aromatic nitrogens is 4. The zero-order valence-corrected chi connectivity index (χ0v) is 17.4. The number of hydrogen-bond acceptors (Lipinski definition) is 6. The average molecular weight is 431 g/mol. The van der Waals surface area contributed by atoms with Gasteiger partial charge in [-0.25, -0.2) is 14.8 Å². The van der Waals surface area contributed by atoms with Gasteiger partial charge in [0.1, 0.15) is 12.3 Å². The van der Waals surface area contributed by atoms with Crippen LogP contribution in [0.5, 0.6) is 5.75 Å². The summed E-state index contributed by atoms with van der Waals surface area (Å²) in [7, 11) is 0. The molecule has 0 saturated carbocycles. The Morgan fingerprint density at radius 3 is 2.47 bits per heavy atom. The van der Waals surface area contributed by atoms with Crippen molar-refractivity contribution in [1.82, 2.24) is 19.1 Å². The lowest BCUT2D eigenvalue weighted by Crippen LogP contribution is -2.42. The minimum absolute atomic E-state index is 0.0190. The molecule has 2 aromatic carbocycles. The fourth-order valence-corrected chi connectivity index (χ4v) is 3.36. The summed E-state index contributed by atoms with van der Waals surface area (Å²) < 4.78 is 7.75. The molecule has 32 heavy (non-hydrogen) atoms. The normalized spacial score (nSPS) is 10.8. The largest absolute Gasteiger partial charge is 0.492 e. The third-order valence-corrected chi connectivity index (χ3v) is 4.79. The van der Waals surface area contributed by atoms with E-state index in [-0.39, 0.29) is 24.3 Å². The molecule has 0 aliphatic carbocycles. The highest BCUT2D eigenvalue weighted by Gasteiger charge is 2.18. The van der Waals surface area contributed by atoms with Crippen LogP contribution in [0.3, 0.4) is 0 Å². The Morgan fingerprint density at radius 1 is 0.969 bits per heavy atom. The maximum atomic E-state index is 13.2. The van der Waals surface area contributed by atoms with E-state index in [1.54, 1.807) is 24.3 Å². The van der Waals surface area contributed by atoms with Crippen LogP contribution in [0.25, 0.3) is 11.2 Å². The molecular weight excluding hydrogens is 410 g/mol. The Hall–Kier alpha value is -4.27. The fraction of sp³-hybridized carbons (Fsp3) is 0.174. The van der Waals surface area contributed by atoms with Gasteiger partial charge in [0.05, 0.1) is 18.8 Å². The van der Waals surface area contributed by atoms with E-state index < -0.39 is 17.2 Å². The minimum Gasteiger partial charge on any atom is -0.492 e. The molecule has 0 aliphatic rings. The van der Waals surface area contributed by atoms with E-state index in [1.807, 2.05) is 37.3 Å². The Morgan fingerprint density at radius 2 is 1.69 bits per heavy atom. The van der Waals surface area contributed by atoms with Gasteiger partial charge in [-0.05, 0) is 24.6 Å². The summed E-state index contributed by atoms with van der Waals surface area (Å²) in [6, 6.07) is 16.1. The predicted molar refractivity (Wildman–Crippen MR) is 120 cm³/mol. The second kappa shape index (κ2) is 9.25. The standard InChI is InChI=1S/C23H21N5O4/c1-2-32-18-11-7-6-10-17(18)26-19(29)15-27-21-20(24-12-13-25-21)22(30)28(23(27)31)14-16-8-4-3-5-9-16/h3-13H,2,14-15H2,1H3,(H,26,29). The van der Waals surface area contributed by atoms with Crippen LogP contribution in [-0.4, -0.2) is 31.6 Å². The van der Waals surface area contributed by atoms with Crippen molar-refractivity contribution in [2.75, 3.05) is 11.9 Å². The lowest BCUT2D eigenvalue weighted by Gasteiger charge is -2.14. The molecule has 0 spiro atoms. The Kier molecular flexibility index (Phi) is 6.07. The topological polar surface area (TPSA) is 108 Å². The fourth-order valence-electron chi connectivity index (χ4n) is 3.36. The summed E-state index contributed by atoms with van der Waals surface area (Å²) in [5, 5.41) is 2.76. The first-order valence-electron chi connectivity index (χ1n) is 10.1. The van der Waals surface area contributed by atoms with Crippen LogP contribution < -0.4 is 21.3 Å². The lowest BCUT2D eigenvalue weighted by atomic mass is 10.2. The van der Waals surface area contributed by atoms with E-state index in [1.165, 1.54) is 12.4 Å².